The van der Waals surface area contributed by atoms with Crippen molar-refractivity contribution in [3.63, 3.8) is 0 Å². The van der Waals surface area contributed by atoms with Gasteiger partial charge in [0.2, 0.25) is 5.91 Å². The van der Waals surface area contributed by atoms with Crippen molar-refractivity contribution in [2.75, 3.05) is 20.2 Å². The van der Waals surface area contributed by atoms with Crippen molar-refractivity contribution in [1.29, 1.82) is 0 Å². The van der Waals surface area contributed by atoms with Crippen molar-refractivity contribution >= 4 is 18.0 Å². The molecule has 2 saturated carbocycles. The van der Waals surface area contributed by atoms with Gasteiger partial charge in [-0.3, -0.25) is 9.59 Å². The van der Waals surface area contributed by atoms with E-state index in [9.17, 15) is 23.2 Å². The summed E-state index contributed by atoms with van der Waals surface area (Å²) in [7, 11) is 1.43. The molecule has 0 spiro atoms. The van der Waals surface area contributed by atoms with E-state index in [1.807, 2.05) is 48.5 Å². The number of nitrogens with zero attached hydrogens (tertiary/aromatic N) is 1. The first-order valence-electron chi connectivity index (χ1n) is 11.7. The minimum absolute atomic E-state index is 0.0679. The van der Waals surface area contributed by atoms with E-state index < -0.39 is 41.6 Å². The van der Waals surface area contributed by atoms with E-state index in [1.54, 1.807) is 0 Å². The summed E-state index contributed by atoms with van der Waals surface area (Å²) >= 11 is 0. The zero-order valence-electron chi connectivity index (χ0n) is 19.1. The topological polar surface area (TPSA) is 95.9 Å². The third kappa shape index (κ3) is 4.02. The molecule has 2 amide bonds. The lowest BCUT2D eigenvalue weighted by atomic mass is 9.79. The Morgan fingerprint density at radius 2 is 1.63 bits per heavy atom. The molecule has 3 aliphatic rings. The van der Waals surface area contributed by atoms with Gasteiger partial charge in [0, 0.05) is 25.6 Å². The van der Waals surface area contributed by atoms with E-state index in [2.05, 4.69) is 5.32 Å². The predicted octanol–water partition coefficient (Wildman–Crippen LogP) is 3.73. The van der Waals surface area contributed by atoms with Crippen molar-refractivity contribution in [3.05, 3.63) is 59.7 Å². The van der Waals surface area contributed by atoms with Gasteiger partial charge in [-0.25, -0.2) is 13.6 Å². The van der Waals surface area contributed by atoms with Crippen LogP contribution in [0, 0.1) is 17.8 Å². The molecule has 2 N–H and O–H groups in total. The number of alkyl halides is 2. The molecule has 2 aromatic carbocycles. The molecule has 2 atom stereocenters. The molecule has 0 heterocycles. The van der Waals surface area contributed by atoms with Gasteiger partial charge in [-0.05, 0) is 35.1 Å². The number of fused-ring (bicyclic) bond motifs is 3. The number of aliphatic carboxylic acids is 1. The van der Waals surface area contributed by atoms with Crippen LogP contribution >= 0.6 is 0 Å². The van der Waals surface area contributed by atoms with Crippen LogP contribution in [0.3, 0.4) is 0 Å². The Morgan fingerprint density at radius 1 is 1.06 bits per heavy atom. The first-order valence-corrected chi connectivity index (χ1v) is 11.7. The van der Waals surface area contributed by atoms with Gasteiger partial charge in [-0.2, -0.15) is 0 Å². The third-order valence-corrected chi connectivity index (χ3v) is 7.64. The molecule has 0 saturated heterocycles. The molecule has 7 nitrogen and oxygen atoms in total. The summed E-state index contributed by atoms with van der Waals surface area (Å²) in [5, 5.41) is 11.4. The average molecular weight is 484 g/mol. The number of carbonyl (C=O) groups excluding carboxylic acids is 2. The molecule has 2 aromatic rings. The molecule has 2 fully saturated rings. The van der Waals surface area contributed by atoms with Crippen LogP contribution in [0.25, 0.3) is 11.1 Å². The standard InChI is InChI=1S/C26H26F2N2O5/c1-30(15-10-14(11-15)24(32)33)23(31)22-21(26(22,27)28)12-29-25(34)35-13-20-18-8-4-2-6-16(18)17-7-3-5-9-19(17)20/h2-9,14-15,20-22H,10-13H2,1H3,(H,29,34)(H,32,33)/t14?,15?,21-,22-/m0/s1. The quantitative estimate of drug-likeness (QED) is 0.625. The van der Waals surface area contributed by atoms with E-state index in [4.69, 9.17) is 9.84 Å². The molecule has 5 rings (SSSR count). The number of amides is 2. The fourth-order valence-electron chi connectivity index (χ4n) is 5.33. The van der Waals surface area contributed by atoms with E-state index in [0.717, 1.165) is 22.3 Å². The summed E-state index contributed by atoms with van der Waals surface area (Å²) in [5.41, 5.74) is 4.26. The molecule has 9 heteroatoms. The van der Waals surface area contributed by atoms with Crippen molar-refractivity contribution in [2.24, 2.45) is 17.8 Å². The van der Waals surface area contributed by atoms with Crippen LogP contribution in [0.1, 0.15) is 29.9 Å². The molecule has 0 aromatic heterocycles. The normalized spacial score (nSPS) is 25.6. The first kappa shape index (κ1) is 23.3. The van der Waals surface area contributed by atoms with Crippen molar-refractivity contribution in [2.45, 2.75) is 30.7 Å². The smallest absolute Gasteiger partial charge is 0.407 e. The van der Waals surface area contributed by atoms with E-state index in [0.29, 0.717) is 0 Å². The van der Waals surface area contributed by atoms with Crippen LogP contribution in [-0.4, -0.2) is 60.1 Å². The lowest BCUT2D eigenvalue weighted by Crippen LogP contribution is -2.48. The highest BCUT2D eigenvalue weighted by Crippen LogP contribution is 2.56. The monoisotopic (exact) mass is 484 g/mol. The van der Waals surface area contributed by atoms with Crippen LogP contribution < -0.4 is 5.32 Å². The number of hydrogen-bond acceptors (Lipinski definition) is 4. The molecule has 3 aliphatic carbocycles. The Kier molecular flexibility index (Phi) is 5.73. The Hall–Kier alpha value is -3.49. The second-order valence-electron chi connectivity index (χ2n) is 9.57. The van der Waals surface area contributed by atoms with Gasteiger partial charge in [0.1, 0.15) is 12.5 Å². The largest absolute Gasteiger partial charge is 0.481 e. The van der Waals surface area contributed by atoms with E-state index >= 15 is 0 Å². The highest BCUT2D eigenvalue weighted by atomic mass is 19.3. The second kappa shape index (κ2) is 8.62. The van der Waals surface area contributed by atoms with Gasteiger partial charge < -0.3 is 20.1 Å². The van der Waals surface area contributed by atoms with Crippen molar-refractivity contribution in [3.8, 4) is 11.1 Å². The molecule has 0 radical (unpaired) electrons. The molecular weight excluding hydrogens is 458 g/mol. The lowest BCUT2D eigenvalue weighted by molar-refractivity contribution is -0.151. The summed E-state index contributed by atoms with van der Waals surface area (Å²) in [4.78, 5) is 37.1. The van der Waals surface area contributed by atoms with Crippen molar-refractivity contribution < 1.29 is 33.0 Å². The average Bonchev–Trinajstić information content (AvgIpc) is 3.20. The zero-order valence-corrected chi connectivity index (χ0v) is 19.1. The molecule has 0 unspecified atom stereocenters. The predicted molar refractivity (Wildman–Crippen MR) is 122 cm³/mol. The van der Waals surface area contributed by atoms with Crippen LogP contribution in [0.2, 0.25) is 0 Å². The minimum atomic E-state index is -3.22. The fraction of sp³-hybridized carbons (Fsp3) is 0.423. The van der Waals surface area contributed by atoms with E-state index in [1.165, 1.54) is 11.9 Å². The molecule has 184 valence electrons. The minimum Gasteiger partial charge on any atom is -0.481 e. The van der Waals surface area contributed by atoms with Gasteiger partial charge >= 0.3 is 12.1 Å². The van der Waals surface area contributed by atoms with Crippen LogP contribution in [0.5, 0.6) is 0 Å². The highest BCUT2D eigenvalue weighted by Gasteiger charge is 2.72. The van der Waals surface area contributed by atoms with Crippen LogP contribution in [0.15, 0.2) is 48.5 Å². The summed E-state index contributed by atoms with van der Waals surface area (Å²) in [6.07, 6.45) is -0.283. The maximum absolute atomic E-state index is 14.3. The number of halogens is 2. The summed E-state index contributed by atoms with van der Waals surface area (Å²) < 4.78 is 34.1. The van der Waals surface area contributed by atoms with Gasteiger partial charge in [0.05, 0.1) is 11.8 Å². The molecule has 0 aliphatic heterocycles. The van der Waals surface area contributed by atoms with Gasteiger partial charge in [0.25, 0.3) is 5.92 Å². The molecule has 0 bridgehead atoms. The number of benzene rings is 2. The Labute approximate surface area is 201 Å². The summed E-state index contributed by atoms with van der Waals surface area (Å²) in [6, 6.07) is 15.4. The van der Waals surface area contributed by atoms with Gasteiger partial charge in [-0.15, -0.1) is 0 Å². The SMILES string of the molecule is CN(C(=O)[C@@H]1[C@H](CNC(=O)OCC2c3ccccc3-c3ccccc32)C1(F)F)C1CC(C(=O)O)C1. The fourth-order valence-corrected chi connectivity index (χ4v) is 5.33. The molecular formula is C26H26F2N2O5. The summed E-state index contributed by atoms with van der Waals surface area (Å²) in [6.45, 7) is -0.311. The number of carbonyl (C=O) groups is 3. The second-order valence-corrected chi connectivity index (χ2v) is 9.57. The number of nitrogens with one attached hydrogen (secondary N) is 1. The Balaban J connectivity index is 1.14. The van der Waals surface area contributed by atoms with Crippen LogP contribution in [0.4, 0.5) is 13.6 Å². The highest BCUT2D eigenvalue weighted by molar-refractivity contribution is 5.84. The van der Waals surface area contributed by atoms with Crippen LogP contribution in [-0.2, 0) is 14.3 Å². The number of rotatable bonds is 7. The molecule has 35 heavy (non-hydrogen) atoms. The number of carboxylic acid groups (broad SMARTS) is 1. The lowest BCUT2D eigenvalue weighted by Gasteiger charge is -2.39. The van der Waals surface area contributed by atoms with Gasteiger partial charge in [-0.1, -0.05) is 48.5 Å². The summed E-state index contributed by atoms with van der Waals surface area (Å²) in [5.74, 6) is -8.40. The van der Waals surface area contributed by atoms with Gasteiger partial charge in [0.15, 0.2) is 0 Å². The third-order valence-electron chi connectivity index (χ3n) is 7.64. The number of alkyl carbamates (subject to hydrolysis) is 1. The van der Waals surface area contributed by atoms with Crippen molar-refractivity contribution in [1.82, 2.24) is 10.2 Å². The maximum atomic E-state index is 14.3. The van der Waals surface area contributed by atoms with E-state index in [-0.39, 0.29) is 38.0 Å². The Bertz CT molecular complexity index is 1130. The number of carboxylic acids is 1. The number of hydrogen-bond donors (Lipinski definition) is 2. The first-order chi connectivity index (χ1) is 16.7. The number of ether oxygens (including phenoxy) is 1. The zero-order chi connectivity index (χ0) is 24.9. The maximum Gasteiger partial charge on any atom is 0.407 e. The Morgan fingerprint density at radius 3 is 2.20 bits per heavy atom.